The van der Waals surface area contributed by atoms with Gasteiger partial charge in [0.2, 0.25) is 0 Å². The second kappa shape index (κ2) is 5.38. The highest BCUT2D eigenvalue weighted by molar-refractivity contribution is 8.18. The average molecular weight is 284 g/mol. The Hall–Kier alpha value is -2.27. The van der Waals surface area contributed by atoms with E-state index in [0.29, 0.717) is 11.4 Å². The number of imide groups is 1. The lowest BCUT2D eigenvalue weighted by atomic mass is 10.2. The fourth-order valence-corrected chi connectivity index (χ4v) is 2.81. The van der Waals surface area contributed by atoms with E-state index < -0.39 is 0 Å². The van der Waals surface area contributed by atoms with Crippen LogP contribution in [-0.2, 0) is 11.3 Å². The van der Waals surface area contributed by atoms with Crippen LogP contribution in [0.15, 0.2) is 53.6 Å². The molecule has 0 spiro atoms. The van der Waals surface area contributed by atoms with Crippen molar-refractivity contribution in [1.29, 1.82) is 0 Å². The van der Waals surface area contributed by atoms with Crippen LogP contribution in [0.25, 0.3) is 6.08 Å². The van der Waals surface area contributed by atoms with Crippen molar-refractivity contribution < 1.29 is 9.59 Å². The number of aromatic nitrogens is 1. The van der Waals surface area contributed by atoms with Gasteiger partial charge in [-0.2, -0.15) is 0 Å². The summed E-state index contributed by atoms with van der Waals surface area (Å²) in [4.78, 5) is 28.9. The van der Waals surface area contributed by atoms with E-state index in [-0.39, 0.29) is 11.1 Å². The van der Waals surface area contributed by atoms with E-state index >= 15 is 0 Å². The number of rotatable bonds is 3. The molecule has 2 heterocycles. The minimum absolute atomic E-state index is 0.225. The van der Waals surface area contributed by atoms with E-state index in [1.165, 1.54) is 4.90 Å². The molecule has 1 aliphatic heterocycles. The lowest BCUT2D eigenvalue weighted by molar-refractivity contribution is -0.123. The quantitative estimate of drug-likeness (QED) is 0.880. The minimum atomic E-state index is -0.238. The third-order valence-corrected chi connectivity index (χ3v) is 3.87. The van der Waals surface area contributed by atoms with E-state index in [2.05, 4.69) is 4.98 Å². The monoisotopic (exact) mass is 284 g/mol. The van der Waals surface area contributed by atoms with Crippen LogP contribution in [0.3, 0.4) is 0 Å². The first-order valence-electron chi connectivity index (χ1n) is 6.17. The van der Waals surface area contributed by atoms with Gasteiger partial charge in [0.25, 0.3) is 11.1 Å². The van der Waals surface area contributed by atoms with Gasteiger partial charge >= 0.3 is 0 Å². The molecule has 0 atom stereocenters. The Morgan fingerprint density at radius 3 is 2.60 bits per heavy atom. The zero-order valence-electron chi connectivity index (χ0n) is 10.6. The number of nitrogens with zero attached hydrogens (tertiary/aromatic N) is 1. The van der Waals surface area contributed by atoms with E-state index in [9.17, 15) is 9.59 Å². The summed E-state index contributed by atoms with van der Waals surface area (Å²) in [5.41, 5.74) is 1.76. The molecular formula is C15H12N2O2S. The van der Waals surface area contributed by atoms with Crippen LogP contribution in [0.5, 0.6) is 0 Å². The van der Waals surface area contributed by atoms with Crippen LogP contribution < -0.4 is 0 Å². The summed E-state index contributed by atoms with van der Waals surface area (Å²) in [5.74, 6) is -0.238. The molecule has 4 nitrogen and oxygen atoms in total. The maximum atomic E-state index is 12.2. The summed E-state index contributed by atoms with van der Waals surface area (Å²) in [6.45, 7) is 0.313. The number of carbonyl (C=O) groups is 2. The summed E-state index contributed by atoms with van der Waals surface area (Å²) in [5, 5.41) is -0.225. The van der Waals surface area contributed by atoms with E-state index in [1.807, 2.05) is 42.5 Å². The standard InChI is InChI=1S/C15H12N2O2S/c18-14-13(9-12-7-4-8-16-12)20-15(19)17(14)10-11-5-2-1-3-6-11/h1-9,16H,10H2/b13-9-. The third-order valence-electron chi connectivity index (χ3n) is 2.97. The molecule has 2 aromatic rings. The van der Waals surface area contributed by atoms with Gasteiger partial charge in [0.15, 0.2) is 0 Å². The molecular weight excluding hydrogens is 272 g/mol. The number of nitrogens with one attached hydrogen (secondary N) is 1. The maximum absolute atomic E-state index is 12.2. The number of hydrogen-bond donors (Lipinski definition) is 1. The van der Waals surface area contributed by atoms with Crippen LogP contribution >= 0.6 is 11.8 Å². The van der Waals surface area contributed by atoms with Crippen molar-refractivity contribution in [2.24, 2.45) is 0 Å². The van der Waals surface area contributed by atoms with Gasteiger partial charge in [-0.1, -0.05) is 30.3 Å². The van der Waals surface area contributed by atoms with Gasteiger partial charge in [0.1, 0.15) is 0 Å². The molecule has 1 fully saturated rings. The number of aromatic amines is 1. The van der Waals surface area contributed by atoms with Crippen LogP contribution in [0.1, 0.15) is 11.3 Å². The van der Waals surface area contributed by atoms with Gasteiger partial charge in [-0.05, 0) is 35.5 Å². The van der Waals surface area contributed by atoms with E-state index in [1.54, 1.807) is 12.3 Å². The smallest absolute Gasteiger partial charge is 0.293 e. The molecule has 1 aromatic heterocycles. The predicted octanol–water partition coefficient (Wildman–Crippen LogP) is 3.25. The van der Waals surface area contributed by atoms with Gasteiger partial charge in [-0.25, -0.2) is 0 Å². The molecule has 5 heteroatoms. The molecule has 0 aliphatic carbocycles. The molecule has 1 aromatic carbocycles. The Balaban J connectivity index is 1.81. The van der Waals surface area contributed by atoms with Gasteiger partial charge in [0.05, 0.1) is 11.4 Å². The summed E-state index contributed by atoms with van der Waals surface area (Å²) >= 11 is 0.978. The minimum Gasteiger partial charge on any atom is -0.362 e. The zero-order valence-corrected chi connectivity index (χ0v) is 11.4. The molecule has 0 radical (unpaired) electrons. The largest absolute Gasteiger partial charge is 0.362 e. The number of hydrogen-bond acceptors (Lipinski definition) is 3. The maximum Gasteiger partial charge on any atom is 0.293 e. The number of benzene rings is 1. The topological polar surface area (TPSA) is 53.2 Å². The summed E-state index contributed by atoms with van der Waals surface area (Å²) in [6.07, 6.45) is 3.48. The van der Waals surface area contributed by atoms with E-state index in [4.69, 9.17) is 0 Å². The second-order valence-electron chi connectivity index (χ2n) is 4.38. The van der Waals surface area contributed by atoms with E-state index in [0.717, 1.165) is 23.0 Å². The Labute approximate surface area is 120 Å². The van der Waals surface area contributed by atoms with Crippen LogP contribution in [0.2, 0.25) is 0 Å². The van der Waals surface area contributed by atoms with Crippen molar-refractivity contribution in [3.8, 4) is 0 Å². The Morgan fingerprint density at radius 1 is 1.10 bits per heavy atom. The van der Waals surface area contributed by atoms with Gasteiger partial charge < -0.3 is 4.98 Å². The first kappa shape index (κ1) is 12.7. The SMILES string of the molecule is O=C1S/C(=C\c2ccc[nH]2)C(=O)N1Cc1ccccc1. The number of carbonyl (C=O) groups excluding carboxylic acids is 2. The Bertz CT molecular complexity index is 662. The second-order valence-corrected chi connectivity index (χ2v) is 5.37. The molecule has 0 bridgehead atoms. The van der Waals surface area contributed by atoms with Gasteiger partial charge in [-0.15, -0.1) is 0 Å². The Kier molecular flexibility index (Phi) is 3.43. The van der Waals surface area contributed by atoms with Crippen molar-refractivity contribution in [3.05, 3.63) is 64.8 Å². The number of amides is 2. The lowest BCUT2D eigenvalue weighted by Crippen LogP contribution is -2.27. The predicted molar refractivity (Wildman–Crippen MR) is 78.7 cm³/mol. The fraction of sp³-hybridized carbons (Fsp3) is 0.0667. The summed E-state index contributed by atoms with van der Waals surface area (Å²) in [6, 6.07) is 13.2. The van der Waals surface area contributed by atoms with Crippen molar-refractivity contribution in [3.63, 3.8) is 0 Å². The molecule has 1 saturated heterocycles. The van der Waals surface area contributed by atoms with Crippen molar-refractivity contribution in [2.45, 2.75) is 6.54 Å². The van der Waals surface area contributed by atoms with Crippen molar-refractivity contribution in [2.75, 3.05) is 0 Å². The normalized spacial score (nSPS) is 17.2. The first-order valence-corrected chi connectivity index (χ1v) is 6.98. The molecule has 0 unspecified atom stereocenters. The summed E-state index contributed by atoms with van der Waals surface area (Å²) < 4.78 is 0. The first-order chi connectivity index (χ1) is 9.74. The molecule has 1 N–H and O–H groups in total. The van der Waals surface area contributed by atoms with Crippen LogP contribution in [0, 0.1) is 0 Å². The van der Waals surface area contributed by atoms with Crippen molar-refractivity contribution in [1.82, 2.24) is 9.88 Å². The van der Waals surface area contributed by atoms with Gasteiger partial charge in [-0.3, -0.25) is 14.5 Å². The Morgan fingerprint density at radius 2 is 1.90 bits per heavy atom. The van der Waals surface area contributed by atoms with Crippen LogP contribution in [0.4, 0.5) is 4.79 Å². The molecule has 2 amide bonds. The molecule has 20 heavy (non-hydrogen) atoms. The van der Waals surface area contributed by atoms with Crippen LogP contribution in [-0.4, -0.2) is 21.0 Å². The van der Waals surface area contributed by atoms with Crippen molar-refractivity contribution >= 4 is 29.0 Å². The average Bonchev–Trinajstić information content (AvgIpc) is 3.05. The lowest BCUT2D eigenvalue weighted by Gasteiger charge is -2.11. The molecule has 1 aliphatic rings. The molecule has 0 saturated carbocycles. The fourth-order valence-electron chi connectivity index (χ4n) is 1.98. The third kappa shape index (κ3) is 2.53. The highest BCUT2D eigenvalue weighted by Crippen LogP contribution is 2.32. The highest BCUT2D eigenvalue weighted by Gasteiger charge is 2.34. The number of thioether (sulfide) groups is 1. The molecule has 100 valence electrons. The zero-order chi connectivity index (χ0) is 13.9. The molecule has 3 rings (SSSR count). The highest BCUT2D eigenvalue weighted by atomic mass is 32.2. The van der Waals surface area contributed by atoms with Gasteiger partial charge in [0, 0.05) is 11.9 Å². The number of H-pyrrole nitrogens is 1. The summed E-state index contributed by atoms with van der Waals surface area (Å²) in [7, 11) is 0.